The summed E-state index contributed by atoms with van der Waals surface area (Å²) < 4.78 is 0. The Morgan fingerprint density at radius 3 is 2.23 bits per heavy atom. The summed E-state index contributed by atoms with van der Waals surface area (Å²) in [7, 11) is 0. The summed E-state index contributed by atoms with van der Waals surface area (Å²) in [5, 5.41) is 0.713. The van der Waals surface area contributed by atoms with E-state index in [9.17, 15) is 9.59 Å². The molecule has 0 bridgehead atoms. The van der Waals surface area contributed by atoms with Crippen LogP contribution >= 0.6 is 11.6 Å². The van der Waals surface area contributed by atoms with Crippen molar-refractivity contribution in [2.45, 2.75) is 46.5 Å². The Labute approximate surface area is 184 Å². The fourth-order valence-electron chi connectivity index (χ4n) is 3.93. The Balaban J connectivity index is 0.00000124. The first kappa shape index (κ1) is 22.0. The van der Waals surface area contributed by atoms with Crippen LogP contribution in [0.15, 0.2) is 65.8 Å². The minimum absolute atomic E-state index is 0.0496. The largest absolute Gasteiger partial charge is 0.304 e. The standard InChI is InChI=1S/C24H22ClNO2.C2H6/c1-15(16(2)27)17-8-12-20(13-9-17)26-14-23-21(4-3-5-22(23)24(26)28)18-6-10-19(25)11-7-18;1-2/h5-13,15H,3-4,14H2,1-2H3;1-2H3. The first-order chi connectivity index (χ1) is 14.5. The van der Waals surface area contributed by atoms with Gasteiger partial charge in [-0.2, -0.15) is 0 Å². The van der Waals surface area contributed by atoms with Gasteiger partial charge in [-0.15, -0.1) is 0 Å². The molecule has 0 aromatic heterocycles. The van der Waals surface area contributed by atoms with E-state index in [2.05, 4.69) is 6.08 Å². The maximum atomic E-state index is 13.0. The molecule has 1 heterocycles. The second kappa shape index (κ2) is 9.44. The second-order valence-corrected chi connectivity index (χ2v) is 7.87. The van der Waals surface area contributed by atoms with Crippen molar-refractivity contribution in [1.29, 1.82) is 0 Å². The summed E-state index contributed by atoms with van der Waals surface area (Å²) >= 11 is 6.03. The number of hydrogen-bond donors (Lipinski definition) is 0. The molecule has 1 fully saturated rings. The van der Waals surface area contributed by atoms with Gasteiger partial charge in [-0.05, 0) is 66.3 Å². The monoisotopic (exact) mass is 421 g/mol. The van der Waals surface area contributed by atoms with Crippen molar-refractivity contribution in [1.82, 2.24) is 0 Å². The molecule has 156 valence electrons. The van der Waals surface area contributed by atoms with E-state index in [0.717, 1.165) is 40.8 Å². The average Bonchev–Trinajstić information content (AvgIpc) is 3.12. The first-order valence-electron chi connectivity index (χ1n) is 10.6. The number of rotatable bonds is 4. The number of halogens is 1. The smallest absolute Gasteiger partial charge is 0.258 e. The van der Waals surface area contributed by atoms with Gasteiger partial charge in [0.25, 0.3) is 5.91 Å². The molecule has 1 unspecified atom stereocenters. The van der Waals surface area contributed by atoms with Crippen LogP contribution in [-0.2, 0) is 9.59 Å². The van der Waals surface area contributed by atoms with Crippen molar-refractivity contribution in [3.05, 3.63) is 81.9 Å². The molecule has 1 saturated heterocycles. The summed E-state index contributed by atoms with van der Waals surface area (Å²) in [5.41, 5.74) is 6.12. The van der Waals surface area contributed by atoms with Gasteiger partial charge in [0.2, 0.25) is 0 Å². The van der Waals surface area contributed by atoms with Gasteiger partial charge in [-0.3, -0.25) is 9.59 Å². The van der Waals surface area contributed by atoms with E-state index < -0.39 is 0 Å². The van der Waals surface area contributed by atoms with E-state index in [1.54, 1.807) is 6.92 Å². The number of anilines is 1. The van der Waals surface area contributed by atoms with Gasteiger partial charge in [0.05, 0.1) is 6.54 Å². The fourth-order valence-corrected chi connectivity index (χ4v) is 4.05. The molecule has 0 radical (unpaired) electrons. The number of amides is 1. The van der Waals surface area contributed by atoms with E-state index in [4.69, 9.17) is 11.6 Å². The maximum absolute atomic E-state index is 13.0. The van der Waals surface area contributed by atoms with E-state index in [1.165, 1.54) is 5.57 Å². The van der Waals surface area contributed by atoms with Gasteiger partial charge >= 0.3 is 0 Å². The average molecular weight is 422 g/mol. The molecule has 0 spiro atoms. The van der Waals surface area contributed by atoms with Gasteiger partial charge in [0, 0.05) is 22.2 Å². The van der Waals surface area contributed by atoms with Gasteiger partial charge in [-0.25, -0.2) is 0 Å². The Hall–Kier alpha value is -2.65. The van der Waals surface area contributed by atoms with Crippen molar-refractivity contribution in [3.8, 4) is 0 Å². The Kier molecular flexibility index (Phi) is 6.94. The quantitative estimate of drug-likeness (QED) is 0.559. The minimum atomic E-state index is -0.132. The van der Waals surface area contributed by atoms with Crippen LogP contribution in [-0.4, -0.2) is 18.2 Å². The number of benzene rings is 2. The van der Waals surface area contributed by atoms with Crippen molar-refractivity contribution in [2.24, 2.45) is 0 Å². The van der Waals surface area contributed by atoms with E-state index >= 15 is 0 Å². The lowest BCUT2D eigenvalue weighted by molar-refractivity contribution is -0.118. The van der Waals surface area contributed by atoms with Crippen LogP contribution < -0.4 is 4.90 Å². The number of hydrogen-bond acceptors (Lipinski definition) is 2. The number of allylic oxidation sites excluding steroid dienone is 2. The number of carbonyl (C=O) groups excluding carboxylic acids is 2. The van der Waals surface area contributed by atoms with E-state index in [-0.39, 0.29) is 17.6 Å². The highest BCUT2D eigenvalue weighted by Crippen LogP contribution is 2.39. The topological polar surface area (TPSA) is 37.4 Å². The third kappa shape index (κ3) is 4.27. The van der Waals surface area contributed by atoms with Crippen LogP contribution in [0, 0.1) is 0 Å². The molecule has 2 aromatic carbocycles. The molecule has 2 aliphatic rings. The zero-order valence-corrected chi connectivity index (χ0v) is 18.8. The van der Waals surface area contributed by atoms with Crippen LogP contribution in [0.5, 0.6) is 0 Å². The maximum Gasteiger partial charge on any atom is 0.258 e. The molecule has 1 atom stereocenters. The van der Waals surface area contributed by atoms with E-state index in [0.29, 0.717) is 11.6 Å². The van der Waals surface area contributed by atoms with Crippen LogP contribution in [0.25, 0.3) is 5.57 Å². The highest BCUT2D eigenvalue weighted by Gasteiger charge is 2.35. The van der Waals surface area contributed by atoms with Gasteiger partial charge in [0.15, 0.2) is 0 Å². The van der Waals surface area contributed by atoms with Crippen LogP contribution in [0.4, 0.5) is 5.69 Å². The molecular weight excluding hydrogens is 394 g/mol. The number of Topliss-reactive ketones (excluding diaryl/α,β-unsaturated/α-hetero) is 1. The zero-order valence-electron chi connectivity index (χ0n) is 18.0. The van der Waals surface area contributed by atoms with Crippen molar-refractivity contribution < 1.29 is 9.59 Å². The lowest BCUT2D eigenvalue weighted by Crippen LogP contribution is -2.24. The molecule has 1 aliphatic heterocycles. The molecule has 3 nitrogen and oxygen atoms in total. The number of fused-ring (bicyclic) bond motifs is 1. The van der Waals surface area contributed by atoms with Gasteiger partial charge in [-0.1, -0.05) is 62.7 Å². The highest BCUT2D eigenvalue weighted by atomic mass is 35.5. The zero-order chi connectivity index (χ0) is 21.8. The summed E-state index contributed by atoms with van der Waals surface area (Å²) in [4.78, 5) is 26.5. The van der Waals surface area contributed by atoms with Gasteiger partial charge < -0.3 is 4.90 Å². The highest BCUT2D eigenvalue weighted by molar-refractivity contribution is 6.30. The number of ketones is 1. The molecular formula is C26H28ClNO2. The Morgan fingerprint density at radius 1 is 1.00 bits per heavy atom. The molecule has 1 aliphatic carbocycles. The predicted octanol–water partition coefficient (Wildman–Crippen LogP) is 6.58. The predicted molar refractivity (Wildman–Crippen MR) is 125 cm³/mol. The molecule has 4 heteroatoms. The summed E-state index contributed by atoms with van der Waals surface area (Å²) in [6, 6.07) is 15.6. The fraction of sp³-hybridized carbons (Fsp3) is 0.308. The van der Waals surface area contributed by atoms with Crippen LogP contribution in [0.1, 0.15) is 57.6 Å². The molecule has 4 rings (SSSR count). The third-order valence-electron chi connectivity index (χ3n) is 5.73. The Morgan fingerprint density at radius 2 is 1.63 bits per heavy atom. The normalized spacial score (nSPS) is 16.5. The minimum Gasteiger partial charge on any atom is -0.304 e. The summed E-state index contributed by atoms with van der Waals surface area (Å²) in [6.45, 7) is 8.08. The molecule has 2 aromatic rings. The Bertz CT molecular complexity index is 1000. The summed E-state index contributed by atoms with van der Waals surface area (Å²) in [5.74, 6) is 0.0558. The van der Waals surface area contributed by atoms with E-state index in [1.807, 2.05) is 74.2 Å². The number of carbonyl (C=O) groups is 2. The lowest BCUT2D eigenvalue weighted by atomic mass is 9.88. The van der Waals surface area contributed by atoms with Crippen LogP contribution in [0.2, 0.25) is 5.02 Å². The van der Waals surface area contributed by atoms with Crippen molar-refractivity contribution in [2.75, 3.05) is 11.4 Å². The lowest BCUT2D eigenvalue weighted by Gasteiger charge is -2.17. The van der Waals surface area contributed by atoms with Crippen LogP contribution in [0.3, 0.4) is 0 Å². The van der Waals surface area contributed by atoms with Gasteiger partial charge in [0.1, 0.15) is 5.78 Å². The number of nitrogens with zero attached hydrogens (tertiary/aromatic N) is 1. The van der Waals surface area contributed by atoms with Crippen molar-refractivity contribution >= 4 is 34.6 Å². The third-order valence-corrected chi connectivity index (χ3v) is 5.98. The first-order valence-corrected chi connectivity index (χ1v) is 10.9. The molecule has 30 heavy (non-hydrogen) atoms. The molecule has 1 amide bonds. The summed E-state index contributed by atoms with van der Waals surface area (Å²) in [6.07, 6.45) is 3.85. The SMILES string of the molecule is CC.CC(=O)C(C)c1ccc(N2CC3=C(c4ccc(Cl)cc4)CCC=C3C2=O)cc1. The molecule has 0 saturated carbocycles. The second-order valence-electron chi connectivity index (χ2n) is 7.44. The molecule has 0 N–H and O–H groups in total. The van der Waals surface area contributed by atoms with Crippen molar-refractivity contribution in [3.63, 3.8) is 0 Å².